The van der Waals surface area contributed by atoms with Crippen LogP contribution in [0.5, 0.6) is 11.5 Å². The molecule has 0 bridgehead atoms. The predicted octanol–water partition coefficient (Wildman–Crippen LogP) is 3.85. The van der Waals surface area contributed by atoms with E-state index in [1.807, 2.05) is 18.2 Å². The molecule has 0 spiro atoms. The lowest BCUT2D eigenvalue weighted by molar-refractivity contribution is -0.117. The van der Waals surface area contributed by atoms with E-state index in [0.29, 0.717) is 41.1 Å². The molecule has 2 heterocycles. The molecule has 0 unspecified atom stereocenters. The van der Waals surface area contributed by atoms with Crippen LogP contribution in [0.4, 0.5) is 10.2 Å². The van der Waals surface area contributed by atoms with Crippen LogP contribution in [0.2, 0.25) is 0 Å². The second-order valence-electron chi connectivity index (χ2n) is 7.98. The van der Waals surface area contributed by atoms with Crippen molar-refractivity contribution in [1.29, 1.82) is 0 Å². The molecule has 1 fully saturated rings. The molecule has 9 heteroatoms. The first-order valence-corrected chi connectivity index (χ1v) is 10.8. The number of anilines is 1. The van der Waals surface area contributed by atoms with E-state index in [2.05, 4.69) is 32.2 Å². The molecule has 1 aliphatic rings. The molecule has 1 aliphatic carbocycles. The van der Waals surface area contributed by atoms with Gasteiger partial charge in [0, 0.05) is 17.7 Å². The first kappa shape index (κ1) is 21.4. The Morgan fingerprint density at radius 1 is 1.18 bits per heavy atom. The Morgan fingerprint density at radius 2 is 1.97 bits per heavy atom. The largest absolute Gasteiger partial charge is 0.457 e. The number of ether oxygens (including phenoxy) is 1. The van der Waals surface area contributed by atoms with Gasteiger partial charge in [-0.05, 0) is 50.0 Å². The van der Waals surface area contributed by atoms with Crippen LogP contribution < -0.4 is 15.8 Å². The minimum atomic E-state index is -0.500. The Bertz CT molecular complexity index is 1430. The number of nitrogens with two attached hydrogens (primary N) is 1. The average molecular weight is 456 g/mol. The molecule has 0 aliphatic heterocycles. The lowest BCUT2D eigenvalue weighted by atomic mass is 9.87. The van der Waals surface area contributed by atoms with Gasteiger partial charge in [-0.25, -0.2) is 19.0 Å². The highest BCUT2D eigenvalue weighted by molar-refractivity contribution is 5.98. The van der Waals surface area contributed by atoms with Gasteiger partial charge in [0.1, 0.15) is 35.2 Å². The van der Waals surface area contributed by atoms with Crippen LogP contribution in [0.25, 0.3) is 22.3 Å². The Labute approximate surface area is 195 Å². The summed E-state index contributed by atoms with van der Waals surface area (Å²) in [7, 11) is 0. The van der Waals surface area contributed by atoms with E-state index >= 15 is 4.39 Å². The summed E-state index contributed by atoms with van der Waals surface area (Å²) in [5.41, 5.74) is 7.31. The second kappa shape index (κ2) is 8.83. The van der Waals surface area contributed by atoms with E-state index < -0.39 is 5.82 Å². The summed E-state index contributed by atoms with van der Waals surface area (Å²) in [5.74, 6) is 5.46. The van der Waals surface area contributed by atoms with Crippen LogP contribution in [0.3, 0.4) is 0 Å². The van der Waals surface area contributed by atoms with Crippen LogP contribution in [-0.2, 0) is 4.79 Å². The van der Waals surface area contributed by atoms with Crippen LogP contribution in [0, 0.1) is 17.7 Å². The number of hydrogen-bond donors (Lipinski definition) is 2. The number of nitrogens with zero attached hydrogens (tertiary/aromatic N) is 4. The third-order valence-electron chi connectivity index (χ3n) is 5.73. The smallest absolute Gasteiger partial charge is 0.296 e. The van der Waals surface area contributed by atoms with Crippen molar-refractivity contribution in [3.63, 3.8) is 0 Å². The number of benzene rings is 2. The first-order valence-electron chi connectivity index (χ1n) is 10.8. The fourth-order valence-corrected chi connectivity index (χ4v) is 4.05. The molecule has 2 aromatic heterocycles. The molecule has 2 aromatic carbocycles. The van der Waals surface area contributed by atoms with Crippen LogP contribution in [0.1, 0.15) is 25.8 Å². The molecule has 3 N–H and O–H groups in total. The molecule has 8 nitrogen and oxygen atoms in total. The topological polar surface area (TPSA) is 108 Å². The maximum Gasteiger partial charge on any atom is 0.296 e. The number of nitrogens with one attached hydrogen (secondary N) is 1. The Morgan fingerprint density at radius 3 is 2.71 bits per heavy atom. The number of aromatic nitrogens is 4. The molecule has 4 aromatic rings. The van der Waals surface area contributed by atoms with Gasteiger partial charge in [0.05, 0.1) is 11.4 Å². The number of halogens is 1. The minimum Gasteiger partial charge on any atom is -0.457 e. The third-order valence-corrected chi connectivity index (χ3v) is 5.73. The van der Waals surface area contributed by atoms with Crippen LogP contribution in [0.15, 0.2) is 54.9 Å². The van der Waals surface area contributed by atoms with E-state index in [1.165, 1.54) is 12.4 Å². The summed E-state index contributed by atoms with van der Waals surface area (Å²) in [5, 5.41) is 8.03. The van der Waals surface area contributed by atoms with Crippen molar-refractivity contribution < 1.29 is 13.9 Å². The lowest BCUT2D eigenvalue weighted by Gasteiger charge is -2.35. The molecule has 34 heavy (non-hydrogen) atoms. The zero-order valence-electron chi connectivity index (χ0n) is 18.3. The number of hydrogen-bond acceptors (Lipinski definition) is 6. The third kappa shape index (κ3) is 4.01. The molecule has 0 atom stereocenters. The second-order valence-corrected chi connectivity index (χ2v) is 7.98. The van der Waals surface area contributed by atoms with Gasteiger partial charge in [0.25, 0.3) is 5.91 Å². The van der Waals surface area contributed by atoms with Gasteiger partial charge in [-0.3, -0.25) is 4.79 Å². The fourth-order valence-electron chi connectivity index (χ4n) is 4.05. The van der Waals surface area contributed by atoms with Gasteiger partial charge in [-0.15, -0.1) is 0 Å². The molecular weight excluding hydrogens is 435 g/mol. The van der Waals surface area contributed by atoms with Crippen LogP contribution in [-0.4, -0.2) is 31.7 Å². The highest BCUT2D eigenvalue weighted by Crippen LogP contribution is 2.39. The summed E-state index contributed by atoms with van der Waals surface area (Å²) >= 11 is 0. The molecule has 170 valence electrons. The Hall–Kier alpha value is -4.45. The van der Waals surface area contributed by atoms with Crippen LogP contribution >= 0.6 is 0 Å². The Kier molecular flexibility index (Phi) is 5.55. The summed E-state index contributed by atoms with van der Waals surface area (Å²) in [6.45, 7) is 1.62. The van der Waals surface area contributed by atoms with E-state index in [4.69, 9.17) is 10.5 Å². The number of carbonyl (C=O) groups is 1. The summed E-state index contributed by atoms with van der Waals surface area (Å²) in [6, 6.07) is 13.7. The number of para-hydroxylation sites is 1. The normalized spacial score (nSPS) is 16.9. The number of nitrogen functional groups attached to an aromatic ring is 1. The van der Waals surface area contributed by atoms with Gasteiger partial charge >= 0.3 is 0 Å². The van der Waals surface area contributed by atoms with Gasteiger partial charge in [-0.1, -0.05) is 24.1 Å². The molecule has 5 rings (SSSR count). The number of carbonyl (C=O) groups excluding carboxylic acids is 1. The van der Waals surface area contributed by atoms with Crippen molar-refractivity contribution in [2.75, 3.05) is 5.73 Å². The Balaban J connectivity index is 1.45. The predicted molar refractivity (Wildman–Crippen MR) is 125 cm³/mol. The number of rotatable bonds is 5. The molecule has 1 saturated carbocycles. The molecule has 1 amide bonds. The zero-order valence-corrected chi connectivity index (χ0v) is 18.3. The van der Waals surface area contributed by atoms with Gasteiger partial charge in [0.2, 0.25) is 0 Å². The zero-order chi connectivity index (χ0) is 23.7. The maximum atomic E-state index is 15.2. The maximum absolute atomic E-state index is 15.2. The average Bonchev–Trinajstić information content (AvgIpc) is 3.17. The first-order chi connectivity index (χ1) is 16.5. The van der Waals surface area contributed by atoms with E-state index in [9.17, 15) is 4.79 Å². The minimum absolute atomic E-state index is 0.00797. The number of amides is 1. The van der Waals surface area contributed by atoms with Crippen molar-refractivity contribution >= 4 is 22.8 Å². The molecule has 0 saturated heterocycles. The fraction of sp³-hybridized carbons (Fsp3) is 0.200. The van der Waals surface area contributed by atoms with Crippen molar-refractivity contribution in [2.45, 2.75) is 31.8 Å². The summed E-state index contributed by atoms with van der Waals surface area (Å²) in [6.07, 6.45) is 2.68. The van der Waals surface area contributed by atoms with Crippen molar-refractivity contribution in [2.24, 2.45) is 0 Å². The quantitative estimate of drug-likeness (QED) is 0.442. The summed E-state index contributed by atoms with van der Waals surface area (Å²) in [4.78, 5) is 20.2. The van der Waals surface area contributed by atoms with E-state index in [1.54, 1.807) is 35.9 Å². The van der Waals surface area contributed by atoms with E-state index in [0.717, 1.165) is 0 Å². The van der Waals surface area contributed by atoms with Crippen molar-refractivity contribution in [3.8, 4) is 34.6 Å². The van der Waals surface area contributed by atoms with Crippen molar-refractivity contribution in [1.82, 2.24) is 25.1 Å². The van der Waals surface area contributed by atoms with Crippen molar-refractivity contribution in [3.05, 3.63) is 60.7 Å². The van der Waals surface area contributed by atoms with Gasteiger partial charge in [-0.2, -0.15) is 5.10 Å². The monoisotopic (exact) mass is 456 g/mol. The van der Waals surface area contributed by atoms with Gasteiger partial charge in [0.15, 0.2) is 5.65 Å². The molecular formula is C25H21FN6O2. The lowest BCUT2D eigenvalue weighted by Crippen LogP contribution is -2.44. The van der Waals surface area contributed by atoms with Gasteiger partial charge < -0.3 is 15.8 Å². The van der Waals surface area contributed by atoms with E-state index in [-0.39, 0.29) is 29.4 Å². The standard InChI is InChI=1S/C25H21FN6O2/c1-2-6-21(33)30-15-11-16(12-15)32-25-22(24(27)28-14-29-25)23(31-32)19-10-9-18(13-20(19)26)34-17-7-4-3-5-8-17/h3-5,7-10,13-16H,11-12H2,1H3,(H,30,33)(H2,27,28,29). The SMILES string of the molecule is CC#CC(=O)NC1CC(n2nc(-c3ccc(Oc4ccccc4)cc3F)c3c(N)ncnc32)C1. The number of fused-ring (bicyclic) bond motifs is 1. The summed E-state index contributed by atoms with van der Waals surface area (Å²) < 4.78 is 22.7. The highest BCUT2D eigenvalue weighted by atomic mass is 19.1. The molecule has 0 radical (unpaired) electrons. The highest BCUT2D eigenvalue weighted by Gasteiger charge is 2.34.